The molecule has 3 rings (SSSR count). The number of aryl methyl sites for hydroxylation is 1. The average molecular weight is 334 g/mol. The number of nitrogens with zero attached hydrogens (tertiary/aromatic N) is 3. The van der Waals surface area contributed by atoms with Crippen molar-refractivity contribution in [2.75, 3.05) is 13.1 Å². The van der Waals surface area contributed by atoms with E-state index < -0.39 is 5.97 Å². The third-order valence-electron chi connectivity index (χ3n) is 4.42. The summed E-state index contributed by atoms with van der Waals surface area (Å²) in [5.74, 6) is -0.861. The van der Waals surface area contributed by atoms with Gasteiger partial charge in [0.25, 0.3) is 0 Å². The number of piperidine rings is 1. The summed E-state index contributed by atoms with van der Waals surface area (Å²) in [5.41, 5.74) is 3.15. The number of aliphatic carboxylic acids is 1. The fraction of sp³-hybridized carbons (Fsp3) is 0.412. The minimum atomic E-state index is -0.670. The maximum Gasteiger partial charge on any atom is 0.306 e. The van der Waals surface area contributed by atoms with Crippen LogP contribution in [0, 0.1) is 12.8 Å². The van der Waals surface area contributed by atoms with E-state index in [1.165, 1.54) is 5.56 Å². The molecule has 0 bridgehead atoms. The molecule has 1 aromatic heterocycles. The van der Waals surface area contributed by atoms with Crippen LogP contribution < -0.4 is 0 Å². The Labute approximate surface area is 140 Å². The topological polar surface area (TPSA) is 58.4 Å². The van der Waals surface area contributed by atoms with Gasteiger partial charge in [-0.1, -0.05) is 11.6 Å². The Hall–Kier alpha value is -1.85. The second-order valence-corrected chi connectivity index (χ2v) is 6.49. The van der Waals surface area contributed by atoms with Crippen molar-refractivity contribution in [3.05, 3.63) is 46.7 Å². The van der Waals surface area contributed by atoms with Crippen LogP contribution in [0.1, 0.15) is 24.1 Å². The van der Waals surface area contributed by atoms with Gasteiger partial charge in [-0.05, 0) is 57.1 Å². The summed E-state index contributed by atoms with van der Waals surface area (Å²) in [6.07, 6.45) is 3.49. The van der Waals surface area contributed by atoms with Gasteiger partial charge in [0.1, 0.15) is 0 Å². The Kier molecular flexibility index (Phi) is 4.68. The fourth-order valence-electron chi connectivity index (χ4n) is 2.96. The number of carbonyl (C=O) groups is 1. The number of carboxylic acids is 1. The third-order valence-corrected chi connectivity index (χ3v) is 4.67. The number of carboxylic acid groups (broad SMARTS) is 1. The molecule has 5 nitrogen and oxygen atoms in total. The van der Waals surface area contributed by atoms with Crippen LogP contribution in [0.25, 0.3) is 5.69 Å². The van der Waals surface area contributed by atoms with E-state index >= 15 is 0 Å². The van der Waals surface area contributed by atoms with E-state index in [0.29, 0.717) is 5.02 Å². The summed E-state index contributed by atoms with van der Waals surface area (Å²) < 4.78 is 1.87. The zero-order valence-corrected chi connectivity index (χ0v) is 13.8. The van der Waals surface area contributed by atoms with Crippen LogP contribution in [-0.4, -0.2) is 38.8 Å². The summed E-state index contributed by atoms with van der Waals surface area (Å²) in [7, 11) is 0. The van der Waals surface area contributed by atoms with Gasteiger partial charge < -0.3 is 5.11 Å². The van der Waals surface area contributed by atoms with Gasteiger partial charge >= 0.3 is 5.97 Å². The number of benzene rings is 1. The molecule has 0 spiro atoms. The highest BCUT2D eigenvalue weighted by Crippen LogP contribution is 2.21. The molecule has 0 aliphatic carbocycles. The lowest BCUT2D eigenvalue weighted by atomic mass is 9.97. The molecule has 6 heteroatoms. The minimum Gasteiger partial charge on any atom is -0.481 e. The first-order chi connectivity index (χ1) is 11.0. The van der Waals surface area contributed by atoms with E-state index in [0.717, 1.165) is 43.9 Å². The van der Waals surface area contributed by atoms with E-state index in [4.69, 9.17) is 16.7 Å². The van der Waals surface area contributed by atoms with Gasteiger partial charge in [0.15, 0.2) is 0 Å². The lowest BCUT2D eigenvalue weighted by Crippen LogP contribution is -2.35. The second-order valence-electron chi connectivity index (χ2n) is 6.05. The first-order valence-corrected chi connectivity index (χ1v) is 8.17. The van der Waals surface area contributed by atoms with Crippen molar-refractivity contribution in [1.82, 2.24) is 14.7 Å². The van der Waals surface area contributed by atoms with Crippen LogP contribution in [0.4, 0.5) is 0 Å². The highest BCUT2D eigenvalue weighted by molar-refractivity contribution is 6.30. The molecule has 2 aromatic rings. The predicted molar refractivity (Wildman–Crippen MR) is 88.9 cm³/mol. The second kappa shape index (κ2) is 6.72. The van der Waals surface area contributed by atoms with Crippen molar-refractivity contribution in [2.45, 2.75) is 26.3 Å². The molecule has 2 heterocycles. The summed E-state index contributed by atoms with van der Waals surface area (Å²) in [6, 6.07) is 7.59. The van der Waals surface area contributed by atoms with Crippen molar-refractivity contribution in [2.24, 2.45) is 5.92 Å². The average Bonchev–Trinajstić information content (AvgIpc) is 2.89. The number of likely N-dealkylation sites (tertiary alicyclic amines) is 1. The molecule has 0 unspecified atom stereocenters. The van der Waals surface area contributed by atoms with Crippen LogP contribution in [0.5, 0.6) is 0 Å². The first-order valence-electron chi connectivity index (χ1n) is 7.79. The highest BCUT2D eigenvalue weighted by atomic mass is 35.5. The molecule has 23 heavy (non-hydrogen) atoms. The molecular formula is C17H20ClN3O2. The van der Waals surface area contributed by atoms with Crippen molar-refractivity contribution in [3.8, 4) is 5.69 Å². The molecule has 1 fully saturated rings. The number of halogens is 1. The molecule has 1 N–H and O–H groups in total. The van der Waals surface area contributed by atoms with Gasteiger partial charge in [-0.3, -0.25) is 9.69 Å². The van der Waals surface area contributed by atoms with Crippen LogP contribution in [0.3, 0.4) is 0 Å². The van der Waals surface area contributed by atoms with E-state index in [1.807, 2.05) is 42.1 Å². The largest absolute Gasteiger partial charge is 0.481 e. The van der Waals surface area contributed by atoms with Gasteiger partial charge in [-0.15, -0.1) is 0 Å². The smallest absolute Gasteiger partial charge is 0.306 e. The summed E-state index contributed by atoms with van der Waals surface area (Å²) in [4.78, 5) is 13.3. The predicted octanol–water partition coefficient (Wildman–Crippen LogP) is 3.13. The molecule has 1 aromatic carbocycles. The molecule has 0 saturated carbocycles. The van der Waals surface area contributed by atoms with Crippen LogP contribution >= 0.6 is 11.6 Å². The number of aromatic nitrogens is 2. The maximum atomic E-state index is 11.0. The van der Waals surface area contributed by atoms with E-state index in [9.17, 15) is 4.79 Å². The summed E-state index contributed by atoms with van der Waals surface area (Å²) in [6.45, 7) is 4.46. The SMILES string of the molecule is Cc1nn(-c2ccc(Cl)cc2)cc1CN1CCC(C(=O)O)CC1. The Morgan fingerprint density at radius 3 is 2.57 bits per heavy atom. The fourth-order valence-corrected chi connectivity index (χ4v) is 3.08. The number of hydrogen-bond acceptors (Lipinski definition) is 3. The Balaban J connectivity index is 1.67. The standard InChI is InChI=1S/C17H20ClN3O2/c1-12-14(10-20-8-6-13(7-9-20)17(22)23)11-21(19-12)16-4-2-15(18)3-5-16/h2-5,11,13H,6-10H2,1H3,(H,22,23). The van der Waals surface area contributed by atoms with Crippen LogP contribution in [0.2, 0.25) is 5.02 Å². The number of rotatable bonds is 4. The van der Waals surface area contributed by atoms with Gasteiger partial charge in [-0.2, -0.15) is 5.10 Å². The molecule has 0 amide bonds. The Morgan fingerprint density at radius 2 is 1.96 bits per heavy atom. The highest BCUT2D eigenvalue weighted by Gasteiger charge is 2.24. The first kappa shape index (κ1) is 16.0. The maximum absolute atomic E-state index is 11.0. The molecule has 0 atom stereocenters. The monoisotopic (exact) mass is 333 g/mol. The molecule has 1 aliphatic rings. The van der Waals surface area contributed by atoms with Gasteiger partial charge in [0.05, 0.1) is 17.3 Å². The lowest BCUT2D eigenvalue weighted by molar-refractivity contribution is -0.143. The molecular weight excluding hydrogens is 314 g/mol. The van der Waals surface area contributed by atoms with Gasteiger partial charge in [-0.25, -0.2) is 4.68 Å². The molecule has 122 valence electrons. The van der Waals surface area contributed by atoms with Crippen LogP contribution in [-0.2, 0) is 11.3 Å². The van der Waals surface area contributed by atoms with E-state index in [2.05, 4.69) is 10.00 Å². The van der Waals surface area contributed by atoms with Crippen molar-refractivity contribution < 1.29 is 9.90 Å². The Morgan fingerprint density at radius 1 is 1.30 bits per heavy atom. The quantitative estimate of drug-likeness (QED) is 0.934. The van der Waals surface area contributed by atoms with E-state index in [1.54, 1.807) is 0 Å². The van der Waals surface area contributed by atoms with Crippen molar-refractivity contribution >= 4 is 17.6 Å². The normalized spacial score (nSPS) is 16.6. The number of hydrogen-bond donors (Lipinski definition) is 1. The van der Waals surface area contributed by atoms with Crippen molar-refractivity contribution in [1.29, 1.82) is 0 Å². The zero-order chi connectivity index (χ0) is 16.4. The van der Waals surface area contributed by atoms with Gasteiger partial charge in [0.2, 0.25) is 0 Å². The minimum absolute atomic E-state index is 0.191. The van der Waals surface area contributed by atoms with E-state index in [-0.39, 0.29) is 5.92 Å². The molecule has 0 radical (unpaired) electrons. The molecule has 1 aliphatic heterocycles. The van der Waals surface area contributed by atoms with Gasteiger partial charge in [0, 0.05) is 23.3 Å². The zero-order valence-electron chi connectivity index (χ0n) is 13.1. The van der Waals surface area contributed by atoms with Crippen molar-refractivity contribution in [3.63, 3.8) is 0 Å². The molecule has 1 saturated heterocycles. The summed E-state index contributed by atoms with van der Waals surface area (Å²) in [5, 5.41) is 14.3. The van der Waals surface area contributed by atoms with Crippen LogP contribution in [0.15, 0.2) is 30.5 Å². The Bertz CT molecular complexity index is 688. The summed E-state index contributed by atoms with van der Waals surface area (Å²) >= 11 is 5.92. The third kappa shape index (κ3) is 3.74. The lowest BCUT2D eigenvalue weighted by Gasteiger charge is -2.29.